The van der Waals surface area contributed by atoms with Crippen molar-refractivity contribution in [2.75, 3.05) is 4.90 Å². The number of carbonyl (C=O) groups excluding carboxylic acids is 2. The van der Waals surface area contributed by atoms with Crippen molar-refractivity contribution in [2.45, 2.75) is 13.0 Å². The molecule has 4 aromatic rings. The van der Waals surface area contributed by atoms with E-state index in [9.17, 15) is 14.7 Å². The molecule has 33 heavy (non-hydrogen) atoms. The van der Waals surface area contributed by atoms with Gasteiger partial charge >= 0.3 is 0 Å². The van der Waals surface area contributed by atoms with E-state index in [-0.39, 0.29) is 5.57 Å². The number of fused-ring (bicyclic) bond motifs is 1. The number of nitrogens with zero attached hydrogens (tertiary/aromatic N) is 2. The van der Waals surface area contributed by atoms with Crippen molar-refractivity contribution >= 4 is 44.5 Å². The van der Waals surface area contributed by atoms with Crippen LogP contribution in [0.5, 0.6) is 0 Å². The maximum absolute atomic E-state index is 13.3. The van der Waals surface area contributed by atoms with Gasteiger partial charge in [-0.05, 0) is 41.8 Å². The fraction of sp³-hybridized carbons (Fsp3) is 0.0741. The van der Waals surface area contributed by atoms with E-state index in [0.717, 1.165) is 26.9 Å². The van der Waals surface area contributed by atoms with E-state index in [1.54, 1.807) is 6.08 Å². The predicted molar refractivity (Wildman–Crippen MR) is 131 cm³/mol. The summed E-state index contributed by atoms with van der Waals surface area (Å²) in [6.07, 6.45) is 3.08. The molecule has 1 N–H and O–H groups in total. The predicted octanol–water partition coefficient (Wildman–Crippen LogP) is 5.79. The summed E-state index contributed by atoms with van der Waals surface area (Å²) >= 11 is 1.36. The van der Waals surface area contributed by atoms with E-state index < -0.39 is 23.5 Å². The summed E-state index contributed by atoms with van der Waals surface area (Å²) in [5, 5.41) is 11.3. The van der Waals surface area contributed by atoms with Gasteiger partial charge in [0, 0.05) is 0 Å². The van der Waals surface area contributed by atoms with Gasteiger partial charge in [0.25, 0.3) is 5.91 Å². The number of aromatic nitrogens is 1. The van der Waals surface area contributed by atoms with Crippen molar-refractivity contribution in [3.63, 3.8) is 0 Å². The molecule has 162 valence electrons. The molecule has 0 bridgehead atoms. The molecule has 5 nitrogen and oxygen atoms in total. The van der Waals surface area contributed by atoms with Crippen molar-refractivity contribution < 1.29 is 14.7 Å². The maximum atomic E-state index is 13.3. The SMILES string of the molecule is Cc1ccc2nc(N3C(=O)C(O)=C(C(=O)C=Cc4ccccc4)C3c3ccccc3)sc2c1. The molecule has 1 aromatic heterocycles. The standard InChI is InChI=1S/C27H20N2O3S/c1-17-12-14-20-22(16-17)33-27(28-20)29-24(19-10-6-3-7-11-19)23(25(31)26(29)32)21(30)15-13-18-8-4-2-5-9-18/h2-16,24,31H,1H3. The highest BCUT2D eigenvalue weighted by Gasteiger charge is 2.45. The number of allylic oxidation sites excluding steroid dienone is 1. The highest BCUT2D eigenvalue weighted by molar-refractivity contribution is 7.22. The molecule has 1 amide bonds. The molecule has 2 heterocycles. The number of aliphatic hydroxyl groups excluding tert-OH is 1. The Hall–Kier alpha value is -4.03. The zero-order valence-electron chi connectivity index (χ0n) is 17.8. The van der Waals surface area contributed by atoms with Crippen LogP contribution in [0.1, 0.15) is 22.7 Å². The molecule has 5 rings (SSSR count). The van der Waals surface area contributed by atoms with Crippen molar-refractivity contribution in [3.8, 4) is 0 Å². The van der Waals surface area contributed by atoms with Crippen molar-refractivity contribution in [1.82, 2.24) is 4.98 Å². The Morgan fingerprint density at radius 1 is 1.03 bits per heavy atom. The van der Waals surface area contributed by atoms with Crippen LogP contribution in [0.15, 0.2) is 96.3 Å². The second-order valence-corrected chi connectivity index (χ2v) is 8.84. The van der Waals surface area contributed by atoms with Crippen LogP contribution in [0.4, 0.5) is 5.13 Å². The lowest BCUT2D eigenvalue weighted by Gasteiger charge is -2.24. The van der Waals surface area contributed by atoms with Crippen LogP contribution in [-0.2, 0) is 9.59 Å². The third-order valence-electron chi connectivity index (χ3n) is 5.55. The van der Waals surface area contributed by atoms with Crippen molar-refractivity contribution in [3.05, 3.63) is 113 Å². The Morgan fingerprint density at radius 3 is 2.45 bits per heavy atom. The van der Waals surface area contributed by atoms with Crippen LogP contribution in [0, 0.1) is 6.92 Å². The second-order valence-electron chi connectivity index (χ2n) is 7.83. The molecule has 0 radical (unpaired) electrons. The van der Waals surface area contributed by atoms with Gasteiger partial charge in [-0.2, -0.15) is 0 Å². The number of hydrogen-bond acceptors (Lipinski definition) is 5. The van der Waals surface area contributed by atoms with E-state index >= 15 is 0 Å². The summed E-state index contributed by atoms with van der Waals surface area (Å²) in [5.74, 6) is -1.59. The number of thiazole rings is 1. The minimum Gasteiger partial charge on any atom is -0.503 e. The lowest BCUT2D eigenvalue weighted by atomic mass is 9.96. The summed E-state index contributed by atoms with van der Waals surface area (Å²) in [6.45, 7) is 2.00. The highest BCUT2D eigenvalue weighted by Crippen LogP contribution is 2.43. The first-order valence-corrected chi connectivity index (χ1v) is 11.3. The number of aliphatic hydroxyl groups is 1. The highest BCUT2D eigenvalue weighted by atomic mass is 32.1. The molecule has 1 aliphatic rings. The molecular formula is C27H20N2O3S. The molecule has 1 unspecified atom stereocenters. The van der Waals surface area contributed by atoms with Crippen molar-refractivity contribution in [2.24, 2.45) is 0 Å². The van der Waals surface area contributed by atoms with Gasteiger partial charge < -0.3 is 5.11 Å². The van der Waals surface area contributed by atoms with Gasteiger partial charge in [0.15, 0.2) is 16.7 Å². The maximum Gasteiger partial charge on any atom is 0.296 e. The number of anilines is 1. The Kier molecular flexibility index (Phi) is 5.36. The Balaban J connectivity index is 1.59. The molecule has 1 atom stereocenters. The quantitative estimate of drug-likeness (QED) is 0.389. The summed E-state index contributed by atoms with van der Waals surface area (Å²) in [6, 6.07) is 23.8. The van der Waals surface area contributed by atoms with Gasteiger partial charge in [-0.3, -0.25) is 14.5 Å². The number of rotatable bonds is 5. The molecule has 0 aliphatic carbocycles. The summed E-state index contributed by atoms with van der Waals surface area (Å²) in [7, 11) is 0. The third kappa shape index (κ3) is 3.85. The number of amides is 1. The average Bonchev–Trinajstić information content (AvgIpc) is 3.36. The summed E-state index contributed by atoms with van der Waals surface area (Å²) in [5.41, 5.74) is 3.48. The molecule has 3 aromatic carbocycles. The smallest absolute Gasteiger partial charge is 0.296 e. The number of ketones is 1. The van der Waals surface area contributed by atoms with E-state index in [1.165, 1.54) is 22.3 Å². The molecule has 0 fully saturated rings. The number of carbonyl (C=O) groups is 2. The van der Waals surface area contributed by atoms with Crippen LogP contribution in [-0.4, -0.2) is 21.8 Å². The zero-order valence-corrected chi connectivity index (χ0v) is 18.6. The van der Waals surface area contributed by atoms with Crippen LogP contribution < -0.4 is 4.90 Å². The number of hydrogen-bond donors (Lipinski definition) is 1. The monoisotopic (exact) mass is 452 g/mol. The van der Waals surface area contributed by atoms with Gasteiger partial charge in [0.05, 0.1) is 21.8 Å². The van der Waals surface area contributed by atoms with Gasteiger partial charge in [-0.15, -0.1) is 0 Å². The lowest BCUT2D eigenvalue weighted by Crippen LogP contribution is -2.30. The lowest BCUT2D eigenvalue weighted by molar-refractivity contribution is -0.117. The first kappa shape index (κ1) is 20.8. The van der Waals surface area contributed by atoms with E-state index in [0.29, 0.717) is 5.13 Å². The van der Waals surface area contributed by atoms with Gasteiger partial charge in [0.2, 0.25) is 0 Å². The van der Waals surface area contributed by atoms with Gasteiger partial charge in [-0.25, -0.2) is 4.98 Å². The topological polar surface area (TPSA) is 70.5 Å². The number of benzene rings is 3. The van der Waals surface area contributed by atoms with Crippen LogP contribution in [0.2, 0.25) is 0 Å². The van der Waals surface area contributed by atoms with Crippen LogP contribution in [0.3, 0.4) is 0 Å². The summed E-state index contributed by atoms with van der Waals surface area (Å²) in [4.78, 5) is 32.5. The number of aryl methyl sites for hydroxylation is 1. The van der Waals surface area contributed by atoms with Gasteiger partial charge in [-0.1, -0.05) is 84.1 Å². The largest absolute Gasteiger partial charge is 0.503 e. The Morgan fingerprint density at radius 2 is 1.73 bits per heavy atom. The third-order valence-corrected chi connectivity index (χ3v) is 6.57. The second kappa shape index (κ2) is 8.48. The van der Waals surface area contributed by atoms with Crippen LogP contribution in [0.25, 0.3) is 16.3 Å². The molecular weight excluding hydrogens is 432 g/mol. The molecule has 0 spiro atoms. The fourth-order valence-electron chi connectivity index (χ4n) is 3.95. The van der Waals surface area contributed by atoms with E-state index in [4.69, 9.17) is 0 Å². The van der Waals surface area contributed by atoms with E-state index in [2.05, 4.69) is 4.98 Å². The van der Waals surface area contributed by atoms with Crippen molar-refractivity contribution in [1.29, 1.82) is 0 Å². The molecule has 6 heteroatoms. The molecule has 0 saturated carbocycles. The minimum atomic E-state index is -0.770. The van der Waals surface area contributed by atoms with Crippen LogP contribution >= 0.6 is 11.3 Å². The fourth-order valence-corrected chi connectivity index (χ4v) is 5.04. The first-order valence-electron chi connectivity index (χ1n) is 10.5. The Labute approximate surface area is 194 Å². The van der Waals surface area contributed by atoms with Gasteiger partial charge in [0.1, 0.15) is 0 Å². The molecule has 1 aliphatic heterocycles. The molecule has 0 saturated heterocycles. The first-order chi connectivity index (χ1) is 16.0. The normalized spacial score (nSPS) is 16.3. The zero-order chi connectivity index (χ0) is 22.9. The van der Waals surface area contributed by atoms with E-state index in [1.807, 2.05) is 85.8 Å². The minimum absolute atomic E-state index is 0.0498. The summed E-state index contributed by atoms with van der Waals surface area (Å²) < 4.78 is 0.938. The average molecular weight is 453 g/mol. The Bertz CT molecular complexity index is 1420.